The molecule has 0 amide bonds. The van der Waals surface area contributed by atoms with Gasteiger partial charge in [0.2, 0.25) is 0 Å². The second kappa shape index (κ2) is 7.44. The van der Waals surface area contributed by atoms with Crippen LogP contribution in [0.4, 0.5) is 5.69 Å². The molecule has 0 aliphatic heterocycles. The zero-order valence-electron chi connectivity index (χ0n) is 11.7. The van der Waals surface area contributed by atoms with Crippen molar-refractivity contribution in [1.82, 2.24) is 0 Å². The Hall–Kier alpha value is -2.35. The Balaban J connectivity index is 3.27. The molecular formula is C13H17NO7. The molecule has 1 aromatic rings. The van der Waals surface area contributed by atoms with Gasteiger partial charge in [-0.25, -0.2) is 4.79 Å². The minimum absolute atomic E-state index is 0.0138. The SMILES string of the molecule is CCC(Oc1cc([N+](=O)[O-])c(CCO)cc1OC)C(=O)O. The summed E-state index contributed by atoms with van der Waals surface area (Å²) < 4.78 is 10.3. The molecule has 0 heterocycles. The van der Waals surface area contributed by atoms with Crippen molar-refractivity contribution >= 4 is 11.7 Å². The number of hydrogen-bond acceptors (Lipinski definition) is 6. The van der Waals surface area contributed by atoms with E-state index in [4.69, 9.17) is 19.7 Å². The molecule has 1 atom stereocenters. The Bertz CT molecular complexity index is 529. The number of ether oxygens (including phenoxy) is 2. The standard InChI is InChI=1S/C13H17NO7/c1-3-10(13(16)17)21-12-7-9(14(18)19)8(4-5-15)6-11(12)20-2/h6-7,10,15H,3-5H2,1-2H3,(H,16,17). The number of carboxylic acid groups (broad SMARTS) is 1. The highest BCUT2D eigenvalue weighted by molar-refractivity contribution is 5.73. The molecule has 8 nitrogen and oxygen atoms in total. The van der Waals surface area contributed by atoms with E-state index in [0.29, 0.717) is 0 Å². The third-order valence-electron chi connectivity index (χ3n) is 2.86. The predicted octanol–water partition coefficient (Wildman–Crippen LogP) is 1.38. The van der Waals surface area contributed by atoms with Crippen molar-refractivity contribution in [1.29, 1.82) is 0 Å². The molecular weight excluding hydrogens is 282 g/mol. The van der Waals surface area contributed by atoms with Gasteiger partial charge in [-0.15, -0.1) is 0 Å². The first-order chi connectivity index (χ1) is 9.94. The smallest absolute Gasteiger partial charge is 0.344 e. The number of aliphatic hydroxyl groups is 1. The maximum absolute atomic E-state index is 11.0. The number of rotatable bonds is 8. The van der Waals surface area contributed by atoms with Gasteiger partial charge in [0.05, 0.1) is 18.1 Å². The van der Waals surface area contributed by atoms with E-state index >= 15 is 0 Å². The molecule has 21 heavy (non-hydrogen) atoms. The average Bonchev–Trinajstić information content (AvgIpc) is 2.44. The summed E-state index contributed by atoms with van der Waals surface area (Å²) in [5.74, 6) is -0.995. The van der Waals surface area contributed by atoms with Crippen LogP contribution in [0.25, 0.3) is 0 Å². The van der Waals surface area contributed by atoms with Crippen molar-refractivity contribution in [2.24, 2.45) is 0 Å². The quantitative estimate of drug-likeness (QED) is 0.549. The first-order valence-corrected chi connectivity index (χ1v) is 6.30. The van der Waals surface area contributed by atoms with Crippen LogP contribution in [0.3, 0.4) is 0 Å². The zero-order chi connectivity index (χ0) is 16.0. The molecule has 116 valence electrons. The van der Waals surface area contributed by atoms with Crippen LogP contribution in [0.2, 0.25) is 0 Å². The normalized spacial score (nSPS) is 11.8. The Morgan fingerprint density at radius 3 is 2.52 bits per heavy atom. The van der Waals surface area contributed by atoms with Crippen LogP contribution >= 0.6 is 0 Å². The van der Waals surface area contributed by atoms with Crippen LogP contribution in [0, 0.1) is 10.1 Å². The van der Waals surface area contributed by atoms with Crippen LogP contribution < -0.4 is 9.47 Å². The number of nitro benzene ring substituents is 1. The number of nitro groups is 1. The van der Waals surface area contributed by atoms with Gasteiger partial charge >= 0.3 is 5.97 Å². The van der Waals surface area contributed by atoms with Gasteiger partial charge in [-0.1, -0.05) is 6.92 Å². The predicted molar refractivity (Wildman–Crippen MR) is 72.8 cm³/mol. The lowest BCUT2D eigenvalue weighted by Crippen LogP contribution is -2.26. The van der Waals surface area contributed by atoms with Crippen LogP contribution in [0.1, 0.15) is 18.9 Å². The van der Waals surface area contributed by atoms with E-state index < -0.39 is 17.0 Å². The molecule has 0 fully saturated rings. The Morgan fingerprint density at radius 2 is 2.10 bits per heavy atom. The highest BCUT2D eigenvalue weighted by Gasteiger charge is 2.23. The first-order valence-electron chi connectivity index (χ1n) is 6.30. The highest BCUT2D eigenvalue weighted by Crippen LogP contribution is 2.35. The monoisotopic (exact) mass is 299 g/mol. The minimum Gasteiger partial charge on any atom is -0.493 e. The van der Waals surface area contributed by atoms with Crippen molar-refractivity contribution in [2.75, 3.05) is 13.7 Å². The third-order valence-corrected chi connectivity index (χ3v) is 2.86. The Kier molecular flexibility index (Phi) is 5.92. The largest absolute Gasteiger partial charge is 0.493 e. The van der Waals surface area contributed by atoms with E-state index in [1.54, 1.807) is 6.92 Å². The lowest BCUT2D eigenvalue weighted by molar-refractivity contribution is -0.385. The van der Waals surface area contributed by atoms with Gasteiger partial charge in [0.25, 0.3) is 5.69 Å². The summed E-state index contributed by atoms with van der Waals surface area (Å²) in [6, 6.07) is 2.49. The summed E-state index contributed by atoms with van der Waals surface area (Å²) in [5.41, 5.74) is 0.0372. The van der Waals surface area contributed by atoms with Crippen LogP contribution in [0.15, 0.2) is 12.1 Å². The number of nitrogens with zero attached hydrogens (tertiary/aromatic N) is 1. The summed E-state index contributed by atoms with van der Waals surface area (Å²) in [4.78, 5) is 21.4. The number of carbonyl (C=O) groups is 1. The molecule has 0 aliphatic carbocycles. The minimum atomic E-state index is -1.17. The van der Waals surface area contributed by atoms with E-state index in [2.05, 4.69) is 0 Å². The number of methoxy groups -OCH3 is 1. The van der Waals surface area contributed by atoms with Gasteiger partial charge in [-0.05, 0) is 12.5 Å². The fraction of sp³-hybridized carbons (Fsp3) is 0.462. The summed E-state index contributed by atoms with van der Waals surface area (Å²) in [6.07, 6.45) is -0.837. The van der Waals surface area contributed by atoms with Crippen molar-refractivity contribution in [3.05, 3.63) is 27.8 Å². The maximum Gasteiger partial charge on any atom is 0.344 e. The molecule has 0 saturated heterocycles. The second-order valence-electron chi connectivity index (χ2n) is 4.22. The molecule has 1 rings (SSSR count). The molecule has 1 aromatic carbocycles. The van der Waals surface area contributed by atoms with Crippen molar-refractivity contribution in [3.63, 3.8) is 0 Å². The lowest BCUT2D eigenvalue weighted by Gasteiger charge is -2.16. The Labute approximate surface area is 121 Å². The van der Waals surface area contributed by atoms with E-state index in [-0.39, 0.29) is 42.2 Å². The van der Waals surface area contributed by atoms with Crippen LogP contribution in [-0.2, 0) is 11.2 Å². The van der Waals surface area contributed by atoms with E-state index in [9.17, 15) is 14.9 Å². The maximum atomic E-state index is 11.0. The summed E-state index contributed by atoms with van der Waals surface area (Å²) in [6.45, 7) is 1.37. The van der Waals surface area contributed by atoms with Crippen molar-refractivity contribution in [3.8, 4) is 11.5 Å². The highest BCUT2D eigenvalue weighted by atomic mass is 16.6. The second-order valence-corrected chi connectivity index (χ2v) is 4.22. The summed E-state index contributed by atoms with van der Waals surface area (Å²) in [5, 5.41) is 29.0. The van der Waals surface area contributed by atoms with E-state index in [0.717, 1.165) is 6.07 Å². The molecule has 0 radical (unpaired) electrons. The fourth-order valence-electron chi connectivity index (χ4n) is 1.80. The van der Waals surface area contributed by atoms with Gasteiger partial charge in [0.1, 0.15) is 0 Å². The number of aliphatic carboxylic acids is 1. The first kappa shape index (κ1) is 16.7. The molecule has 8 heteroatoms. The number of benzene rings is 1. The fourth-order valence-corrected chi connectivity index (χ4v) is 1.80. The van der Waals surface area contributed by atoms with Crippen LogP contribution in [0.5, 0.6) is 11.5 Å². The van der Waals surface area contributed by atoms with E-state index in [1.807, 2.05) is 0 Å². The van der Waals surface area contributed by atoms with Gasteiger partial charge in [0.15, 0.2) is 17.6 Å². The summed E-state index contributed by atoms with van der Waals surface area (Å²) >= 11 is 0. The molecule has 0 aliphatic rings. The van der Waals surface area contributed by atoms with Crippen molar-refractivity contribution < 1.29 is 29.4 Å². The summed E-state index contributed by atoms with van der Waals surface area (Å²) in [7, 11) is 1.35. The topological polar surface area (TPSA) is 119 Å². The molecule has 0 bridgehead atoms. The van der Waals surface area contributed by atoms with Crippen LogP contribution in [-0.4, -0.2) is 40.9 Å². The number of aliphatic hydroxyl groups excluding tert-OH is 1. The molecule has 0 aromatic heterocycles. The number of hydrogen-bond donors (Lipinski definition) is 2. The average molecular weight is 299 g/mol. The third kappa shape index (κ3) is 4.06. The van der Waals surface area contributed by atoms with Crippen molar-refractivity contribution in [2.45, 2.75) is 25.9 Å². The van der Waals surface area contributed by atoms with Gasteiger partial charge in [0, 0.05) is 18.6 Å². The number of carboxylic acids is 1. The molecule has 1 unspecified atom stereocenters. The van der Waals surface area contributed by atoms with Gasteiger partial charge < -0.3 is 19.7 Å². The zero-order valence-corrected chi connectivity index (χ0v) is 11.7. The lowest BCUT2D eigenvalue weighted by atomic mass is 10.1. The van der Waals surface area contributed by atoms with Gasteiger partial charge in [-0.2, -0.15) is 0 Å². The molecule has 0 saturated carbocycles. The van der Waals surface area contributed by atoms with E-state index in [1.165, 1.54) is 13.2 Å². The molecule has 2 N–H and O–H groups in total. The van der Waals surface area contributed by atoms with Gasteiger partial charge in [-0.3, -0.25) is 10.1 Å². The Morgan fingerprint density at radius 1 is 1.43 bits per heavy atom. The molecule has 0 spiro atoms.